The highest BCUT2D eigenvalue weighted by Crippen LogP contribution is 2.25. The molecule has 1 atom stereocenters. The van der Waals surface area contributed by atoms with Crippen molar-refractivity contribution in [2.24, 2.45) is 11.3 Å². The minimum Gasteiger partial charge on any atom is -0.382 e. The summed E-state index contributed by atoms with van der Waals surface area (Å²) < 4.78 is 2.01. The van der Waals surface area contributed by atoms with E-state index in [2.05, 4.69) is 32.8 Å². The average Bonchev–Trinajstić information content (AvgIpc) is 2.25. The molecule has 0 amide bonds. The molecule has 3 nitrogen and oxygen atoms in total. The lowest BCUT2D eigenvalue weighted by Gasteiger charge is -2.23. The zero-order valence-corrected chi connectivity index (χ0v) is 10.5. The Bertz CT molecular complexity index is 320. The minimum atomic E-state index is 0.381. The van der Waals surface area contributed by atoms with Gasteiger partial charge in [0.05, 0.1) is 0 Å². The van der Waals surface area contributed by atoms with Crippen molar-refractivity contribution in [2.45, 2.75) is 47.6 Å². The van der Waals surface area contributed by atoms with Gasteiger partial charge in [0.2, 0.25) is 0 Å². The fraction of sp³-hybridized carbons (Fsp3) is 0.750. The number of nitrogen functional groups attached to an aromatic ring is 1. The molecule has 1 heterocycles. The molecule has 15 heavy (non-hydrogen) atoms. The number of nitrogens with zero attached hydrogens (tertiary/aromatic N) is 2. The molecule has 1 aromatic rings. The number of hydrogen-bond acceptors (Lipinski definition) is 2. The van der Waals surface area contributed by atoms with E-state index in [1.54, 1.807) is 0 Å². The number of aryl methyl sites for hydroxylation is 1. The summed E-state index contributed by atoms with van der Waals surface area (Å²) in [4.78, 5) is 0. The van der Waals surface area contributed by atoms with Crippen molar-refractivity contribution in [3.8, 4) is 0 Å². The van der Waals surface area contributed by atoms with Gasteiger partial charge in [-0.25, -0.2) is 0 Å². The van der Waals surface area contributed by atoms with E-state index in [9.17, 15) is 0 Å². The minimum absolute atomic E-state index is 0.381. The maximum atomic E-state index is 5.65. The number of rotatable bonds is 3. The van der Waals surface area contributed by atoms with Gasteiger partial charge in [-0.2, -0.15) is 5.10 Å². The average molecular weight is 209 g/mol. The molecule has 0 aliphatic heterocycles. The van der Waals surface area contributed by atoms with Gasteiger partial charge in [0.1, 0.15) is 5.82 Å². The number of hydrogen-bond donors (Lipinski definition) is 1. The first kappa shape index (κ1) is 12.1. The highest BCUT2D eigenvalue weighted by molar-refractivity contribution is 5.28. The molecule has 86 valence electrons. The van der Waals surface area contributed by atoms with Crippen molar-refractivity contribution in [2.75, 3.05) is 5.73 Å². The highest BCUT2D eigenvalue weighted by atomic mass is 15.3. The third-order valence-electron chi connectivity index (χ3n) is 2.45. The summed E-state index contributed by atoms with van der Waals surface area (Å²) in [6.45, 7) is 12.1. The second-order valence-electron chi connectivity index (χ2n) is 5.76. The first-order valence-corrected chi connectivity index (χ1v) is 5.58. The third-order valence-corrected chi connectivity index (χ3v) is 2.45. The van der Waals surface area contributed by atoms with E-state index in [0.717, 1.165) is 12.2 Å². The first-order chi connectivity index (χ1) is 6.78. The van der Waals surface area contributed by atoms with Gasteiger partial charge in [-0.05, 0) is 24.7 Å². The van der Waals surface area contributed by atoms with Gasteiger partial charge < -0.3 is 5.73 Å². The third kappa shape index (κ3) is 3.94. The van der Waals surface area contributed by atoms with E-state index in [-0.39, 0.29) is 0 Å². The van der Waals surface area contributed by atoms with Crippen molar-refractivity contribution in [1.82, 2.24) is 9.78 Å². The summed E-state index contributed by atoms with van der Waals surface area (Å²) >= 11 is 0. The van der Waals surface area contributed by atoms with Crippen LogP contribution < -0.4 is 5.73 Å². The summed E-state index contributed by atoms with van der Waals surface area (Å²) in [5, 5.41) is 4.27. The molecule has 0 spiro atoms. The van der Waals surface area contributed by atoms with Crippen molar-refractivity contribution in [3.63, 3.8) is 0 Å². The van der Waals surface area contributed by atoms with Gasteiger partial charge in [0.15, 0.2) is 0 Å². The van der Waals surface area contributed by atoms with Crippen LogP contribution in [0.15, 0.2) is 6.07 Å². The molecule has 0 fully saturated rings. The van der Waals surface area contributed by atoms with Crippen molar-refractivity contribution >= 4 is 5.82 Å². The van der Waals surface area contributed by atoms with Crippen LogP contribution in [0.1, 0.15) is 39.8 Å². The first-order valence-electron chi connectivity index (χ1n) is 5.58. The highest BCUT2D eigenvalue weighted by Gasteiger charge is 2.16. The smallest absolute Gasteiger partial charge is 0.145 e. The molecule has 1 rings (SSSR count). The standard InChI is InChI=1S/C12H23N3/c1-9(7-12(3,4)5)8-15-10(2)6-11(13)14-15/h6,9H,7-8H2,1-5H3,(H2,13,14). The molecule has 0 aliphatic rings. The van der Waals surface area contributed by atoms with Gasteiger partial charge in [-0.3, -0.25) is 4.68 Å². The lowest BCUT2D eigenvalue weighted by Crippen LogP contribution is -2.17. The Morgan fingerprint density at radius 2 is 2.07 bits per heavy atom. The zero-order chi connectivity index (χ0) is 11.6. The molecule has 2 N–H and O–H groups in total. The van der Waals surface area contributed by atoms with Gasteiger partial charge in [-0.15, -0.1) is 0 Å². The van der Waals surface area contributed by atoms with Crippen molar-refractivity contribution < 1.29 is 0 Å². The van der Waals surface area contributed by atoms with E-state index in [0.29, 0.717) is 17.2 Å². The Balaban J connectivity index is 2.58. The van der Waals surface area contributed by atoms with Crippen LogP contribution in [-0.2, 0) is 6.54 Å². The summed E-state index contributed by atoms with van der Waals surface area (Å²) in [6.07, 6.45) is 1.20. The Kier molecular flexibility index (Phi) is 3.42. The molecule has 3 heteroatoms. The van der Waals surface area contributed by atoms with Crippen molar-refractivity contribution in [1.29, 1.82) is 0 Å². The van der Waals surface area contributed by atoms with E-state index in [1.807, 2.05) is 17.7 Å². The lowest BCUT2D eigenvalue weighted by atomic mass is 9.85. The second kappa shape index (κ2) is 4.25. The molecular weight excluding hydrogens is 186 g/mol. The predicted molar refractivity (Wildman–Crippen MR) is 64.6 cm³/mol. The van der Waals surface area contributed by atoms with E-state index >= 15 is 0 Å². The summed E-state index contributed by atoms with van der Waals surface area (Å²) in [5.41, 5.74) is 7.18. The molecule has 1 unspecified atom stereocenters. The molecule has 1 aromatic heterocycles. The molecule has 0 bridgehead atoms. The maximum Gasteiger partial charge on any atom is 0.145 e. The molecule has 0 saturated heterocycles. The zero-order valence-electron chi connectivity index (χ0n) is 10.5. The fourth-order valence-corrected chi connectivity index (χ4v) is 2.13. The lowest BCUT2D eigenvalue weighted by molar-refractivity contribution is 0.278. The SMILES string of the molecule is Cc1cc(N)nn1CC(C)CC(C)(C)C. The fourth-order valence-electron chi connectivity index (χ4n) is 2.13. The Labute approximate surface area is 92.7 Å². The van der Waals surface area contributed by atoms with Crippen molar-refractivity contribution in [3.05, 3.63) is 11.8 Å². The summed E-state index contributed by atoms with van der Waals surface area (Å²) in [7, 11) is 0. The molecule has 0 radical (unpaired) electrons. The second-order valence-corrected chi connectivity index (χ2v) is 5.76. The van der Waals surface area contributed by atoms with Gasteiger partial charge in [0.25, 0.3) is 0 Å². The van der Waals surface area contributed by atoms with Crippen LogP contribution in [0.3, 0.4) is 0 Å². The van der Waals surface area contributed by atoms with Gasteiger partial charge in [-0.1, -0.05) is 27.7 Å². The van der Waals surface area contributed by atoms with Crippen LogP contribution in [0, 0.1) is 18.3 Å². The molecular formula is C12H23N3. The van der Waals surface area contributed by atoms with Crippen LogP contribution in [0.4, 0.5) is 5.82 Å². The topological polar surface area (TPSA) is 43.8 Å². The normalized spacial score (nSPS) is 14.2. The van der Waals surface area contributed by atoms with E-state index in [1.165, 1.54) is 6.42 Å². The Morgan fingerprint density at radius 3 is 2.47 bits per heavy atom. The van der Waals surface area contributed by atoms with Crippen LogP contribution >= 0.6 is 0 Å². The number of anilines is 1. The number of nitrogens with two attached hydrogens (primary N) is 1. The van der Waals surface area contributed by atoms with E-state index < -0.39 is 0 Å². The van der Waals surface area contributed by atoms with E-state index in [4.69, 9.17) is 5.73 Å². The molecule has 0 saturated carbocycles. The van der Waals surface area contributed by atoms with Crippen LogP contribution in [-0.4, -0.2) is 9.78 Å². The van der Waals surface area contributed by atoms with Gasteiger partial charge >= 0.3 is 0 Å². The molecule has 0 aromatic carbocycles. The van der Waals surface area contributed by atoms with Gasteiger partial charge in [0, 0.05) is 18.3 Å². The largest absolute Gasteiger partial charge is 0.382 e. The summed E-state index contributed by atoms with van der Waals surface area (Å²) in [6, 6.07) is 1.92. The quantitative estimate of drug-likeness (QED) is 0.832. The number of aromatic nitrogens is 2. The maximum absolute atomic E-state index is 5.65. The Morgan fingerprint density at radius 1 is 1.47 bits per heavy atom. The summed E-state index contributed by atoms with van der Waals surface area (Å²) in [5.74, 6) is 1.25. The monoisotopic (exact) mass is 209 g/mol. The van der Waals surface area contributed by atoms with Crippen LogP contribution in [0.2, 0.25) is 0 Å². The predicted octanol–water partition coefficient (Wildman–Crippen LogP) is 2.85. The van der Waals surface area contributed by atoms with Crippen LogP contribution in [0.25, 0.3) is 0 Å². The Hall–Kier alpha value is -0.990. The van der Waals surface area contributed by atoms with Crippen LogP contribution in [0.5, 0.6) is 0 Å². The molecule has 0 aliphatic carbocycles.